The summed E-state index contributed by atoms with van der Waals surface area (Å²) in [6.07, 6.45) is 1.25. The van der Waals surface area contributed by atoms with E-state index in [2.05, 4.69) is 10.6 Å². The second-order valence-electron chi connectivity index (χ2n) is 5.62. The number of carbonyl (C=O) groups is 2. The number of hydrogen-bond acceptors (Lipinski definition) is 3. The van der Waals surface area contributed by atoms with Crippen molar-refractivity contribution < 1.29 is 14.3 Å². The van der Waals surface area contributed by atoms with Crippen molar-refractivity contribution in [2.24, 2.45) is 0 Å². The minimum Gasteiger partial charge on any atom is -0.368 e. The van der Waals surface area contributed by atoms with E-state index in [1.807, 2.05) is 0 Å². The van der Waals surface area contributed by atoms with Gasteiger partial charge in [-0.25, -0.2) is 0 Å². The Labute approximate surface area is 155 Å². The minimum absolute atomic E-state index is 0.153. The zero-order chi connectivity index (χ0) is 17.8. The van der Waals surface area contributed by atoms with Gasteiger partial charge in [-0.2, -0.15) is 0 Å². The molecular weight excluding hydrogens is 363 g/mol. The largest absolute Gasteiger partial charge is 0.368 e. The summed E-state index contributed by atoms with van der Waals surface area (Å²) >= 11 is 12.0. The smallest absolute Gasteiger partial charge is 0.257 e. The number of benzene rings is 2. The molecule has 7 heteroatoms. The monoisotopic (exact) mass is 378 g/mol. The molecular formula is C18H16Cl2N2O3. The number of anilines is 2. The maximum absolute atomic E-state index is 12.3. The van der Waals surface area contributed by atoms with Crippen LogP contribution in [0.4, 0.5) is 11.4 Å². The maximum atomic E-state index is 12.3. The number of rotatable bonds is 4. The molecule has 1 unspecified atom stereocenters. The number of nitrogens with one attached hydrogen (secondary N) is 2. The minimum atomic E-state index is -0.385. The summed E-state index contributed by atoms with van der Waals surface area (Å²) < 4.78 is 5.34. The molecule has 1 aliphatic heterocycles. The molecule has 1 aliphatic rings. The number of ether oxygens (including phenoxy) is 1. The summed E-state index contributed by atoms with van der Waals surface area (Å²) in [5.41, 5.74) is 1.51. The molecule has 0 aliphatic carbocycles. The number of halogens is 2. The van der Waals surface area contributed by atoms with Crippen LogP contribution in [0.25, 0.3) is 0 Å². The van der Waals surface area contributed by atoms with Crippen LogP contribution in [0.15, 0.2) is 42.5 Å². The Bertz CT molecular complexity index is 787. The van der Waals surface area contributed by atoms with Crippen LogP contribution in [-0.2, 0) is 9.53 Å². The van der Waals surface area contributed by atoms with Crippen LogP contribution in [0.2, 0.25) is 10.0 Å². The SMILES string of the molecule is O=C(Nc1ccc(NC(=O)C2CCCO2)cc1)c1cccc(Cl)c1Cl. The van der Waals surface area contributed by atoms with Gasteiger partial charge in [0, 0.05) is 18.0 Å². The number of amides is 2. The number of hydrogen-bond donors (Lipinski definition) is 2. The molecule has 3 rings (SSSR count). The molecule has 0 aromatic heterocycles. The molecule has 2 N–H and O–H groups in total. The fraction of sp³-hybridized carbons (Fsp3) is 0.222. The molecule has 130 valence electrons. The van der Waals surface area contributed by atoms with Crippen molar-refractivity contribution in [3.63, 3.8) is 0 Å². The molecule has 0 radical (unpaired) electrons. The maximum Gasteiger partial charge on any atom is 0.257 e. The van der Waals surface area contributed by atoms with Gasteiger partial charge in [-0.1, -0.05) is 29.3 Å². The summed E-state index contributed by atoms with van der Waals surface area (Å²) in [5, 5.41) is 6.07. The van der Waals surface area contributed by atoms with E-state index in [9.17, 15) is 9.59 Å². The van der Waals surface area contributed by atoms with E-state index >= 15 is 0 Å². The highest BCUT2D eigenvalue weighted by Crippen LogP contribution is 2.26. The standard InChI is InChI=1S/C18H16Cl2N2O3/c19-14-4-1-3-13(16(14)20)17(23)21-11-6-8-12(9-7-11)22-18(24)15-5-2-10-25-15/h1,3-4,6-9,15H,2,5,10H2,(H,21,23)(H,22,24). The van der Waals surface area contributed by atoms with E-state index in [0.29, 0.717) is 28.6 Å². The fourth-order valence-electron chi connectivity index (χ4n) is 2.52. The predicted molar refractivity (Wildman–Crippen MR) is 98.5 cm³/mol. The molecule has 1 saturated heterocycles. The van der Waals surface area contributed by atoms with Crippen molar-refractivity contribution in [2.75, 3.05) is 17.2 Å². The van der Waals surface area contributed by atoms with Crippen LogP contribution in [0, 0.1) is 0 Å². The van der Waals surface area contributed by atoms with E-state index < -0.39 is 0 Å². The van der Waals surface area contributed by atoms with Crippen LogP contribution in [0.5, 0.6) is 0 Å². The van der Waals surface area contributed by atoms with E-state index in [1.165, 1.54) is 0 Å². The van der Waals surface area contributed by atoms with Crippen LogP contribution in [-0.4, -0.2) is 24.5 Å². The molecule has 0 saturated carbocycles. The van der Waals surface area contributed by atoms with Crippen LogP contribution >= 0.6 is 23.2 Å². The summed E-state index contributed by atoms with van der Waals surface area (Å²) in [5.74, 6) is -0.511. The fourth-order valence-corrected chi connectivity index (χ4v) is 2.91. The topological polar surface area (TPSA) is 67.4 Å². The first kappa shape index (κ1) is 17.7. The Hall–Kier alpha value is -2.08. The summed E-state index contributed by atoms with van der Waals surface area (Å²) in [6, 6.07) is 11.7. The van der Waals surface area contributed by atoms with Crippen LogP contribution in [0.1, 0.15) is 23.2 Å². The Morgan fingerprint density at radius 3 is 2.32 bits per heavy atom. The van der Waals surface area contributed by atoms with E-state index in [0.717, 1.165) is 12.8 Å². The lowest BCUT2D eigenvalue weighted by molar-refractivity contribution is -0.124. The van der Waals surface area contributed by atoms with Gasteiger partial charge in [-0.3, -0.25) is 9.59 Å². The van der Waals surface area contributed by atoms with Crippen molar-refractivity contribution in [2.45, 2.75) is 18.9 Å². The van der Waals surface area contributed by atoms with Gasteiger partial charge in [0.2, 0.25) is 0 Å². The highest BCUT2D eigenvalue weighted by molar-refractivity contribution is 6.44. The molecule has 0 bridgehead atoms. The van der Waals surface area contributed by atoms with Gasteiger partial charge in [-0.05, 0) is 49.2 Å². The first-order valence-electron chi connectivity index (χ1n) is 7.82. The van der Waals surface area contributed by atoms with Crippen molar-refractivity contribution in [3.8, 4) is 0 Å². The molecule has 2 amide bonds. The van der Waals surface area contributed by atoms with Gasteiger partial charge in [0.15, 0.2) is 0 Å². The van der Waals surface area contributed by atoms with Gasteiger partial charge in [-0.15, -0.1) is 0 Å². The van der Waals surface area contributed by atoms with Crippen LogP contribution in [0.3, 0.4) is 0 Å². The van der Waals surface area contributed by atoms with Gasteiger partial charge in [0.25, 0.3) is 11.8 Å². The third-order valence-electron chi connectivity index (χ3n) is 3.83. The Balaban J connectivity index is 1.63. The van der Waals surface area contributed by atoms with Gasteiger partial charge in [0.05, 0.1) is 15.6 Å². The first-order chi connectivity index (χ1) is 12.0. The molecule has 1 atom stereocenters. The third-order valence-corrected chi connectivity index (χ3v) is 4.65. The van der Waals surface area contributed by atoms with Crippen molar-refractivity contribution in [3.05, 3.63) is 58.1 Å². The molecule has 25 heavy (non-hydrogen) atoms. The molecule has 2 aromatic rings. The lowest BCUT2D eigenvalue weighted by Gasteiger charge is -2.11. The number of carbonyl (C=O) groups excluding carboxylic acids is 2. The quantitative estimate of drug-likeness (QED) is 0.829. The van der Waals surface area contributed by atoms with E-state index in [1.54, 1.807) is 42.5 Å². The van der Waals surface area contributed by atoms with E-state index in [4.69, 9.17) is 27.9 Å². The normalized spacial score (nSPS) is 16.5. The van der Waals surface area contributed by atoms with Crippen LogP contribution < -0.4 is 10.6 Å². The summed E-state index contributed by atoms with van der Waals surface area (Å²) in [4.78, 5) is 24.3. The molecule has 2 aromatic carbocycles. The molecule has 5 nitrogen and oxygen atoms in total. The molecule has 1 heterocycles. The average Bonchev–Trinajstić information content (AvgIpc) is 3.14. The Morgan fingerprint density at radius 1 is 1.00 bits per heavy atom. The highest BCUT2D eigenvalue weighted by atomic mass is 35.5. The highest BCUT2D eigenvalue weighted by Gasteiger charge is 2.23. The summed E-state index contributed by atoms with van der Waals surface area (Å²) in [7, 11) is 0. The lowest BCUT2D eigenvalue weighted by atomic mass is 10.2. The Kier molecular flexibility index (Phi) is 5.58. The van der Waals surface area contributed by atoms with Crippen molar-refractivity contribution >= 4 is 46.4 Å². The average molecular weight is 379 g/mol. The first-order valence-corrected chi connectivity index (χ1v) is 8.58. The zero-order valence-corrected chi connectivity index (χ0v) is 14.7. The second kappa shape index (κ2) is 7.87. The predicted octanol–water partition coefficient (Wildman–Crippen LogP) is 4.36. The van der Waals surface area contributed by atoms with Crippen molar-refractivity contribution in [1.29, 1.82) is 0 Å². The lowest BCUT2D eigenvalue weighted by Crippen LogP contribution is -2.26. The molecule has 1 fully saturated rings. The third kappa shape index (κ3) is 4.31. The van der Waals surface area contributed by atoms with Gasteiger partial charge in [0.1, 0.15) is 6.10 Å². The van der Waals surface area contributed by atoms with Gasteiger partial charge < -0.3 is 15.4 Å². The summed E-state index contributed by atoms with van der Waals surface area (Å²) in [6.45, 7) is 0.620. The Morgan fingerprint density at radius 2 is 1.68 bits per heavy atom. The van der Waals surface area contributed by atoms with E-state index in [-0.39, 0.29) is 22.9 Å². The van der Waals surface area contributed by atoms with Gasteiger partial charge >= 0.3 is 0 Å². The zero-order valence-electron chi connectivity index (χ0n) is 13.2. The van der Waals surface area contributed by atoms with Crippen molar-refractivity contribution in [1.82, 2.24) is 0 Å². The molecule has 0 spiro atoms. The second-order valence-corrected chi connectivity index (χ2v) is 6.41.